The molecule has 1 atom stereocenters. The lowest BCUT2D eigenvalue weighted by atomic mass is 9.98. The fourth-order valence-electron chi connectivity index (χ4n) is 3.30. The maximum absolute atomic E-state index is 12.1. The lowest BCUT2D eigenvalue weighted by Crippen LogP contribution is -2.42. The average Bonchev–Trinajstić information content (AvgIpc) is 2.72. The molecule has 0 aliphatic carbocycles. The number of hydrogen-bond acceptors (Lipinski definition) is 6. The van der Waals surface area contributed by atoms with Gasteiger partial charge in [-0.05, 0) is 58.1 Å². The maximum Gasteiger partial charge on any atom is 0.410 e. The Morgan fingerprint density at radius 2 is 1.90 bits per heavy atom. The highest BCUT2D eigenvalue weighted by Crippen LogP contribution is 2.23. The van der Waals surface area contributed by atoms with Crippen LogP contribution in [-0.4, -0.2) is 51.4 Å². The predicted molar refractivity (Wildman–Crippen MR) is 114 cm³/mol. The number of benzene rings is 1. The number of nitrogens with zero attached hydrogens (tertiary/aromatic N) is 3. The lowest BCUT2D eigenvalue weighted by Gasteiger charge is -2.33. The van der Waals surface area contributed by atoms with E-state index in [0.29, 0.717) is 37.2 Å². The lowest BCUT2D eigenvalue weighted by molar-refractivity contribution is 0.0165. The van der Waals surface area contributed by atoms with Gasteiger partial charge in [0.1, 0.15) is 5.60 Å². The Balaban J connectivity index is 1.48. The molecular formula is C23H31N3O4. The van der Waals surface area contributed by atoms with Crippen molar-refractivity contribution < 1.29 is 19.4 Å². The summed E-state index contributed by atoms with van der Waals surface area (Å²) in [6, 6.07) is 7.56. The van der Waals surface area contributed by atoms with Gasteiger partial charge in [0.25, 0.3) is 0 Å². The van der Waals surface area contributed by atoms with Crippen molar-refractivity contribution in [2.45, 2.75) is 52.2 Å². The number of carbonyl (C=O) groups excluding carboxylic acids is 1. The van der Waals surface area contributed by atoms with Crippen LogP contribution in [0, 0.1) is 5.92 Å². The zero-order chi connectivity index (χ0) is 21.7. The molecule has 1 N–H and O–H groups in total. The second-order valence-electron chi connectivity index (χ2n) is 8.77. The van der Waals surface area contributed by atoms with Crippen LogP contribution in [0.2, 0.25) is 0 Å². The van der Waals surface area contributed by atoms with Gasteiger partial charge in [-0.2, -0.15) is 0 Å². The summed E-state index contributed by atoms with van der Waals surface area (Å²) in [5, 5.41) is 9.74. The zero-order valence-electron chi connectivity index (χ0n) is 18.2. The predicted octanol–water partition coefficient (Wildman–Crippen LogP) is 4.22. The van der Waals surface area contributed by atoms with Crippen LogP contribution >= 0.6 is 0 Å². The van der Waals surface area contributed by atoms with Crippen LogP contribution in [0.1, 0.15) is 52.2 Å². The third kappa shape index (κ3) is 6.16. The van der Waals surface area contributed by atoms with E-state index >= 15 is 0 Å². The summed E-state index contributed by atoms with van der Waals surface area (Å²) in [7, 11) is 0. The van der Waals surface area contributed by atoms with Gasteiger partial charge in [-0.15, -0.1) is 0 Å². The van der Waals surface area contributed by atoms with E-state index in [9.17, 15) is 9.90 Å². The Kier molecular flexibility index (Phi) is 6.92. The number of ether oxygens (including phenoxy) is 2. The first-order chi connectivity index (χ1) is 14.2. The Morgan fingerprint density at radius 3 is 2.50 bits per heavy atom. The number of aliphatic hydroxyl groups is 1. The van der Waals surface area contributed by atoms with Crippen molar-refractivity contribution in [1.29, 1.82) is 0 Å². The molecule has 1 fully saturated rings. The van der Waals surface area contributed by atoms with E-state index < -0.39 is 11.7 Å². The van der Waals surface area contributed by atoms with Crippen LogP contribution in [0.25, 0.3) is 11.4 Å². The quantitative estimate of drug-likeness (QED) is 0.790. The van der Waals surface area contributed by atoms with E-state index in [4.69, 9.17) is 9.47 Å². The first kappa shape index (κ1) is 22.0. The van der Waals surface area contributed by atoms with Crippen LogP contribution in [0.4, 0.5) is 4.79 Å². The molecule has 1 aromatic heterocycles. The standard InChI is InChI=1S/C23H31N3O4/c1-16(27)18-6-5-7-19(12-18)21-24-13-20(14-25-21)29-15-17-8-10-26(11-9-17)22(28)30-23(2,3)4/h5-7,12-14,16-17,27H,8-11,15H2,1-4H3/t16-/m1/s1. The molecule has 30 heavy (non-hydrogen) atoms. The summed E-state index contributed by atoms with van der Waals surface area (Å²) in [6.07, 6.45) is 4.33. The number of rotatable bonds is 5. The van der Waals surface area contributed by atoms with Gasteiger partial charge in [-0.1, -0.05) is 18.2 Å². The van der Waals surface area contributed by atoms with Gasteiger partial charge < -0.3 is 19.5 Å². The van der Waals surface area contributed by atoms with Gasteiger partial charge >= 0.3 is 6.09 Å². The largest absolute Gasteiger partial charge is 0.490 e. The second kappa shape index (κ2) is 9.43. The van der Waals surface area contributed by atoms with E-state index in [1.807, 2.05) is 45.0 Å². The SMILES string of the molecule is C[C@@H](O)c1cccc(-c2ncc(OCC3CCN(C(=O)OC(C)(C)C)CC3)cn2)c1. The van der Waals surface area contributed by atoms with Crippen molar-refractivity contribution in [3.63, 3.8) is 0 Å². The number of hydrogen-bond donors (Lipinski definition) is 1. The summed E-state index contributed by atoms with van der Waals surface area (Å²) >= 11 is 0. The van der Waals surface area contributed by atoms with Gasteiger partial charge in [0, 0.05) is 18.7 Å². The Labute approximate surface area is 178 Å². The number of aliphatic hydroxyl groups excluding tert-OH is 1. The highest BCUT2D eigenvalue weighted by atomic mass is 16.6. The van der Waals surface area contributed by atoms with E-state index in [1.165, 1.54) is 0 Å². The first-order valence-electron chi connectivity index (χ1n) is 10.4. The van der Waals surface area contributed by atoms with Crippen molar-refractivity contribution >= 4 is 6.09 Å². The molecule has 1 amide bonds. The highest BCUT2D eigenvalue weighted by Gasteiger charge is 2.27. The second-order valence-corrected chi connectivity index (χ2v) is 8.77. The molecule has 2 aromatic rings. The number of piperidine rings is 1. The summed E-state index contributed by atoms with van der Waals surface area (Å²) in [6.45, 7) is 9.29. The third-order valence-electron chi connectivity index (χ3n) is 5.01. The summed E-state index contributed by atoms with van der Waals surface area (Å²) < 4.78 is 11.3. The molecule has 1 aromatic carbocycles. The van der Waals surface area contributed by atoms with Gasteiger partial charge in [0.15, 0.2) is 11.6 Å². The first-order valence-corrected chi connectivity index (χ1v) is 10.4. The Morgan fingerprint density at radius 1 is 1.23 bits per heavy atom. The number of aromatic nitrogens is 2. The van der Waals surface area contributed by atoms with Gasteiger partial charge in [0.05, 0.1) is 25.1 Å². The minimum absolute atomic E-state index is 0.245. The molecule has 7 heteroatoms. The molecule has 162 valence electrons. The molecule has 3 rings (SSSR count). The molecule has 1 aliphatic rings. The van der Waals surface area contributed by atoms with E-state index in [-0.39, 0.29) is 6.09 Å². The van der Waals surface area contributed by atoms with Gasteiger partial charge in [-0.25, -0.2) is 14.8 Å². The molecule has 2 heterocycles. The normalized spacial score (nSPS) is 16.2. The zero-order valence-corrected chi connectivity index (χ0v) is 18.2. The van der Waals surface area contributed by atoms with Gasteiger partial charge in [0.2, 0.25) is 0 Å². The molecule has 7 nitrogen and oxygen atoms in total. The van der Waals surface area contributed by atoms with Crippen LogP contribution in [0.3, 0.4) is 0 Å². The van der Waals surface area contributed by atoms with E-state index in [2.05, 4.69) is 9.97 Å². The molecule has 0 saturated carbocycles. The summed E-state index contributed by atoms with van der Waals surface area (Å²) in [5.41, 5.74) is 1.21. The Hall–Kier alpha value is -2.67. The molecule has 1 saturated heterocycles. The Bertz CT molecular complexity index is 838. The van der Waals surface area contributed by atoms with Crippen molar-refractivity contribution in [1.82, 2.24) is 14.9 Å². The minimum Gasteiger partial charge on any atom is -0.490 e. The number of amides is 1. The van der Waals surface area contributed by atoms with E-state index in [1.54, 1.807) is 24.2 Å². The van der Waals surface area contributed by atoms with Crippen molar-refractivity contribution in [3.8, 4) is 17.1 Å². The molecular weight excluding hydrogens is 382 g/mol. The molecule has 0 unspecified atom stereocenters. The monoisotopic (exact) mass is 413 g/mol. The van der Waals surface area contributed by atoms with Gasteiger partial charge in [-0.3, -0.25) is 0 Å². The fraction of sp³-hybridized carbons (Fsp3) is 0.522. The minimum atomic E-state index is -0.533. The topological polar surface area (TPSA) is 84.8 Å². The van der Waals surface area contributed by atoms with Crippen LogP contribution < -0.4 is 4.74 Å². The molecule has 0 radical (unpaired) electrons. The third-order valence-corrected chi connectivity index (χ3v) is 5.01. The number of carbonyl (C=O) groups is 1. The van der Waals surface area contributed by atoms with Crippen LogP contribution in [0.5, 0.6) is 5.75 Å². The van der Waals surface area contributed by atoms with Crippen LogP contribution in [0.15, 0.2) is 36.7 Å². The van der Waals surface area contributed by atoms with Crippen molar-refractivity contribution in [2.24, 2.45) is 5.92 Å². The summed E-state index contributed by atoms with van der Waals surface area (Å²) in [4.78, 5) is 22.7. The van der Waals surface area contributed by atoms with Crippen LogP contribution in [-0.2, 0) is 4.74 Å². The smallest absolute Gasteiger partial charge is 0.410 e. The van der Waals surface area contributed by atoms with Crippen molar-refractivity contribution in [2.75, 3.05) is 19.7 Å². The molecule has 0 bridgehead atoms. The van der Waals surface area contributed by atoms with Crippen molar-refractivity contribution in [3.05, 3.63) is 42.2 Å². The summed E-state index contributed by atoms with van der Waals surface area (Å²) in [5.74, 6) is 1.60. The molecule has 1 aliphatic heterocycles. The van der Waals surface area contributed by atoms with E-state index in [0.717, 1.165) is 24.0 Å². The number of likely N-dealkylation sites (tertiary alicyclic amines) is 1. The maximum atomic E-state index is 12.1. The fourth-order valence-corrected chi connectivity index (χ4v) is 3.30. The molecule has 0 spiro atoms. The average molecular weight is 414 g/mol. The highest BCUT2D eigenvalue weighted by molar-refractivity contribution is 5.68.